The van der Waals surface area contributed by atoms with Gasteiger partial charge in [-0.2, -0.15) is 0 Å². The van der Waals surface area contributed by atoms with E-state index < -0.39 is 17.6 Å². The molecule has 0 saturated heterocycles. The average molecular weight is 566 g/mol. The first-order valence-corrected chi connectivity index (χ1v) is 13.8. The number of aromatic nitrogens is 1. The minimum Gasteiger partial charge on any atom is -0.496 e. The number of methoxy groups -OCH3 is 1. The standard InChI is InChI=1S/C29H28ClN3O5S/c1-14(2)32-20-10-8-7-9-18(20)23(26(32)34)25-27(35)33-24(19-13-17(30)11-12-21(19)37-6)22(28(36)38-15(3)4)16(5)31-29(33)39-25/h7-15,24H,1-6H3/b25-23-/t24-/m0/s1. The summed E-state index contributed by atoms with van der Waals surface area (Å²) >= 11 is 7.51. The van der Waals surface area contributed by atoms with Gasteiger partial charge in [-0.1, -0.05) is 41.1 Å². The van der Waals surface area contributed by atoms with Crippen LogP contribution in [0, 0.1) is 0 Å². The second-order valence-electron chi connectivity index (χ2n) is 9.90. The highest BCUT2D eigenvalue weighted by atomic mass is 35.5. The van der Waals surface area contributed by atoms with E-state index in [2.05, 4.69) is 4.99 Å². The van der Waals surface area contributed by atoms with Gasteiger partial charge >= 0.3 is 5.97 Å². The molecule has 2 aromatic carbocycles. The van der Waals surface area contributed by atoms with Crippen LogP contribution in [0.25, 0.3) is 5.57 Å². The smallest absolute Gasteiger partial charge is 0.338 e. The molecule has 2 aliphatic heterocycles. The van der Waals surface area contributed by atoms with E-state index in [1.54, 1.807) is 43.9 Å². The molecule has 1 amide bonds. The quantitative estimate of drug-likeness (QED) is 0.437. The number of rotatable bonds is 5. The lowest BCUT2D eigenvalue weighted by molar-refractivity contribution is -0.143. The summed E-state index contributed by atoms with van der Waals surface area (Å²) in [5.74, 6) is -0.395. The van der Waals surface area contributed by atoms with Crippen molar-refractivity contribution >= 4 is 46.1 Å². The Morgan fingerprint density at radius 3 is 2.49 bits per heavy atom. The number of carbonyl (C=O) groups is 2. The number of para-hydroxylation sites is 1. The Morgan fingerprint density at radius 1 is 1.10 bits per heavy atom. The number of hydrogen-bond acceptors (Lipinski definition) is 7. The molecule has 0 bridgehead atoms. The van der Waals surface area contributed by atoms with Gasteiger partial charge in [0.05, 0.1) is 35.7 Å². The Kier molecular flexibility index (Phi) is 6.99. The molecule has 0 radical (unpaired) electrons. The van der Waals surface area contributed by atoms with Gasteiger partial charge in [-0.05, 0) is 58.9 Å². The number of anilines is 1. The van der Waals surface area contributed by atoms with E-state index in [0.29, 0.717) is 38.0 Å². The highest BCUT2D eigenvalue weighted by Gasteiger charge is 2.39. The Labute approximate surface area is 234 Å². The maximum absolute atomic E-state index is 14.3. The van der Waals surface area contributed by atoms with E-state index >= 15 is 0 Å². The number of hydrogen-bond donors (Lipinski definition) is 0. The summed E-state index contributed by atoms with van der Waals surface area (Å²) in [6.45, 7) is 9.08. The van der Waals surface area contributed by atoms with E-state index in [-0.39, 0.29) is 28.2 Å². The monoisotopic (exact) mass is 565 g/mol. The van der Waals surface area contributed by atoms with Crippen LogP contribution in [-0.4, -0.2) is 35.7 Å². The van der Waals surface area contributed by atoms with Crippen molar-refractivity contribution in [2.45, 2.75) is 52.8 Å². The van der Waals surface area contributed by atoms with Gasteiger partial charge < -0.3 is 14.4 Å². The third kappa shape index (κ3) is 4.39. The van der Waals surface area contributed by atoms with Crippen LogP contribution in [0.3, 0.4) is 0 Å². The fourth-order valence-corrected chi connectivity index (χ4v) is 6.41. The Morgan fingerprint density at radius 2 is 1.82 bits per heavy atom. The van der Waals surface area contributed by atoms with E-state index in [1.165, 1.54) is 11.7 Å². The number of nitrogens with zero attached hydrogens (tertiary/aromatic N) is 3. The van der Waals surface area contributed by atoms with Crippen LogP contribution in [0.5, 0.6) is 5.75 Å². The Hall–Kier alpha value is -3.69. The molecule has 3 aromatic rings. The summed E-state index contributed by atoms with van der Waals surface area (Å²) in [6.07, 6.45) is -0.388. The third-order valence-electron chi connectivity index (χ3n) is 6.66. The molecule has 0 saturated carbocycles. The van der Waals surface area contributed by atoms with Gasteiger partial charge in [0, 0.05) is 22.2 Å². The van der Waals surface area contributed by atoms with Gasteiger partial charge in [0.2, 0.25) is 0 Å². The zero-order valence-electron chi connectivity index (χ0n) is 22.4. The first-order chi connectivity index (χ1) is 18.5. The molecule has 39 heavy (non-hydrogen) atoms. The second kappa shape index (κ2) is 10.1. The van der Waals surface area contributed by atoms with Crippen molar-refractivity contribution in [1.29, 1.82) is 0 Å². The van der Waals surface area contributed by atoms with E-state index in [0.717, 1.165) is 17.0 Å². The largest absolute Gasteiger partial charge is 0.496 e. The Balaban J connectivity index is 1.86. The van der Waals surface area contributed by atoms with Crippen LogP contribution >= 0.6 is 22.9 Å². The summed E-state index contributed by atoms with van der Waals surface area (Å²) in [5, 5.41) is 0.412. The lowest BCUT2D eigenvalue weighted by atomic mass is 9.95. The van der Waals surface area contributed by atoms with Gasteiger partial charge in [0.1, 0.15) is 16.3 Å². The van der Waals surface area contributed by atoms with Crippen LogP contribution in [0.2, 0.25) is 5.02 Å². The average Bonchev–Trinajstić information content (AvgIpc) is 3.34. The number of ether oxygens (including phenoxy) is 2. The predicted octanol–water partition coefficient (Wildman–Crippen LogP) is 3.97. The minimum atomic E-state index is -0.927. The van der Waals surface area contributed by atoms with Crippen molar-refractivity contribution in [3.05, 3.63) is 89.6 Å². The molecule has 202 valence electrons. The summed E-state index contributed by atoms with van der Waals surface area (Å²) in [7, 11) is 1.51. The van der Waals surface area contributed by atoms with Crippen molar-refractivity contribution in [2.75, 3.05) is 12.0 Å². The zero-order chi connectivity index (χ0) is 28.2. The summed E-state index contributed by atoms with van der Waals surface area (Å²) in [4.78, 5) is 48.1. The van der Waals surface area contributed by atoms with Crippen molar-refractivity contribution in [2.24, 2.45) is 4.99 Å². The lowest BCUT2D eigenvalue weighted by Gasteiger charge is -2.26. The molecule has 0 unspecified atom stereocenters. The summed E-state index contributed by atoms with van der Waals surface area (Å²) in [5.41, 5.74) is 2.46. The number of thiazole rings is 1. The van der Waals surface area contributed by atoms with Gasteiger partial charge in [0.25, 0.3) is 11.5 Å². The Bertz CT molecular complexity index is 1730. The topological polar surface area (TPSA) is 90.2 Å². The van der Waals surface area contributed by atoms with Crippen molar-refractivity contribution in [1.82, 2.24) is 4.57 Å². The van der Waals surface area contributed by atoms with Crippen LogP contribution in [0.1, 0.15) is 51.8 Å². The zero-order valence-corrected chi connectivity index (χ0v) is 24.0. The first kappa shape index (κ1) is 26.9. The molecular weight excluding hydrogens is 538 g/mol. The fourth-order valence-electron chi connectivity index (χ4n) is 5.10. The number of benzene rings is 2. The van der Waals surface area contributed by atoms with Crippen molar-refractivity contribution < 1.29 is 19.1 Å². The van der Waals surface area contributed by atoms with Gasteiger partial charge in [-0.15, -0.1) is 0 Å². The van der Waals surface area contributed by atoms with Crippen LogP contribution in [-0.2, 0) is 14.3 Å². The second-order valence-corrected chi connectivity index (χ2v) is 11.3. The molecule has 1 atom stereocenters. The first-order valence-electron chi connectivity index (χ1n) is 12.6. The number of halogens is 1. The summed E-state index contributed by atoms with van der Waals surface area (Å²) < 4.78 is 12.9. The van der Waals surface area contributed by atoms with E-state index in [1.807, 2.05) is 38.1 Å². The maximum Gasteiger partial charge on any atom is 0.338 e. The number of fused-ring (bicyclic) bond motifs is 2. The molecule has 0 spiro atoms. The molecular formula is C29H28ClN3O5S. The molecule has 8 nitrogen and oxygen atoms in total. The van der Waals surface area contributed by atoms with Crippen LogP contribution in [0.4, 0.5) is 5.69 Å². The number of esters is 1. The molecule has 3 heterocycles. The normalized spacial score (nSPS) is 17.9. The SMILES string of the molecule is COc1ccc(Cl)cc1[C@H]1C(C(=O)OC(C)C)=C(C)N=c2s/c(=C3\C(=O)N(C(C)C)c4ccccc43)c(=O)n21. The van der Waals surface area contributed by atoms with E-state index in [9.17, 15) is 14.4 Å². The molecule has 0 aliphatic carbocycles. The minimum absolute atomic E-state index is 0.108. The van der Waals surface area contributed by atoms with Crippen LogP contribution < -0.4 is 24.5 Å². The highest BCUT2D eigenvalue weighted by Crippen LogP contribution is 2.39. The molecule has 1 aromatic heterocycles. The molecule has 0 fully saturated rings. The van der Waals surface area contributed by atoms with Crippen molar-refractivity contribution in [3.8, 4) is 5.75 Å². The third-order valence-corrected chi connectivity index (χ3v) is 7.94. The lowest BCUT2D eigenvalue weighted by Crippen LogP contribution is -2.41. The summed E-state index contributed by atoms with van der Waals surface area (Å²) in [6, 6.07) is 11.4. The van der Waals surface area contributed by atoms with Crippen molar-refractivity contribution in [3.63, 3.8) is 0 Å². The number of allylic oxidation sites excluding steroid dienone is 1. The number of amides is 1. The van der Waals surface area contributed by atoms with Gasteiger partial charge in [0.15, 0.2) is 4.80 Å². The molecule has 0 N–H and O–H groups in total. The predicted molar refractivity (Wildman–Crippen MR) is 151 cm³/mol. The highest BCUT2D eigenvalue weighted by molar-refractivity contribution is 7.07. The molecule has 2 aliphatic rings. The molecule has 5 rings (SSSR count). The number of carbonyl (C=O) groups excluding carboxylic acids is 2. The van der Waals surface area contributed by atoms with E-state index in [4.69, 9.17) is 21.1 Å². The molecule has 10 heteroatoms. The maximum atomic E-state index is 14.3. The van der Waals surface area contributed by atoms with Gasteiger partial charge in [-0.3, -0.25) is 14.2 Å². The fraction of sp³-hybridized carbons (Fsp3) is 0.310. The van der Waals surface area contributed by atoms with Gasteiger partial charge in [-0.25, -0.2) is 9.79 Å². The van der Waals surface area contributed by atoms with Crippen LogP contribution in [0.15, 0.2) is 63.5 Å².